The maximum absolute atomic E-state index is 12.7. The van der Waals surface area contributed by atoms with Crippen LogP contribution < -0.4 is 5.32 Å². The van der Waals surface area contributed by atoms with Crippen molar-refractivity contribution in [3.8, 4) is 16.6 Å². The molecular weight excluding hydrogens is 436 g/mol. The van der Waals surface area contributed by atoms with Crippen molar-refractivity contribution in [3.63, 3.8) is 0 Å². The first kappa shape index (κ1) is 22.7. The predicted molar refractivity (Wildman–Crippen MR) is 127 cm³/mol. The van der Waals surface area contributed by atoms with E-state index in [-0.39, 0.29) is 6.04 Å². The standard InChI is InChI=1S/C25H26N4O3S/c1-15-17(3)29(19-11-7-8-12-19)23(20(15)13-26)28-21(30)14-32-25(31)22-16(2)27-24(33-22)18-9-5-4-6-10-18/h4-6,9-10,19H,7-8,11-12,14H2,1-3H3,(H,28,30). The van der Waals surface area contributed by atoms with Crippen molar-refractivity contribution in [3.05, 3.63) is 57.7 Å². The molecule has 2 aromatic heterocycles. The van der Waals surface area contributed by atoms with Gasteiger partial charge in [-0.1, -0.05) is 43.2 Å². The minimum absolute atomic E-state index is 0.264. The highest BCUT2D eigenvalue weighted by molar-refractivity contribution is 7.17. The number of benzene rings is 1. The average molecular weight is 463 g/mol. The maximum Gasteiger partial charge on any atom is 0.350 e. The fourth-order valence-corrected chi connectivity index (χ4v) is 5.33. The molecule has 1 aliphatic rings. The molecule has 170 valence electrons. The molecule has 0 radical (unpaired) electrons. The van der Waals surface area contributed by atoms with Crippen molar-refractivity contribution < 1.29 is 14.3 Å². The Balaban J connectivity index is 1.46. The molecule has 0 spiro atoms. The van der Waals surface area contributed by atoms with Crippen LogP contribution in [0.15, 0.2) is 30.3 Å². The number of nitriles is 1. The number of carbonyl (C=O) groups excluding carboxylic acids is 2. The number of amides is 1. The molecule has 2 heterocycles. The van der Waals surface area contributed by atoms with Gasteiger partial charge in [0.05, 0.1) is 11.3 Å². The number of hydrogen-bond donors (Lipinski definition) is 1. The third-order valence-electron chi connectivity index (χ3n) is 6.15. The lowest BCUT2D eigenvalue weighted by atomic mass is 10.2. The van der Waals surface area contributed by atoms with E-state index in [1.54, 1.807) is 6.92 Å². The summed E-state index contributed by atoms with van der Waals surface area (Å²) in [5.74, 6) is -0.552. The minimum Gasteiger partial charge on any atom is -0.451 e. The van der Waals surface area contributed by atoms with Crippen molar-refractivity contribution in [1.29, 1.82) is 5.26 Å². The number of thiazole rings is 1. The van der Waals surface area contributed by atoms with Gasteiger partial charge in [0.25, 0.3) is 5.91 Å². The lowest BCUT2D eigenvalue weighted by molar-refractivity contribution is -0.119. The minimum atomic E-state index is -0.582. The predicted octanol–water partition coefficient (Wildman–Crippen LogP) is 5.32. The van der Waals surface area contributed by atoms with E-state index in [9.17, 15) is 14.9 Å². The molecule has 33 heavy (non-hydrogen) atoms. The zero-order valence-corrected chi connectivity index (χ0v) is 19.8. The fourth-order valence-electron chi connectivity index (χ4n) is 4.36. The number of rotatable bonds is 6. The lowest BCUT2D eigenvalue weighted by Crippen LogP contribution is -2.23. The number of hydrogen-bond acceptors (Lipinski definition) is 6. The Morgan fingerprint density at radius 2 is 1.91 bits per heavy atom. The molecule has 0 bridgehead atoms. The number of aromatic nitrogens is 2. The SMILES string of the molecule is Cc1nc(-c2ccccc2)sc1C(=O)OCC(=O)Nc1c(C#N)c(C)c(C)n1C1CCCC1. The van der Waals surface area contributed by atoms with Crippen molar-refractivity contribution in [1.82, 2.24) is 9.55 Å². The third-order valence-corrected chi connectivity index (χ3v) is 7.34. The van der Waals surface area contributed by atoms with Gasteiger partial charge in [0.15, 0.2) is 6.61 Å². The summed E-state index contributed by atoms with van der Waals surface area (Å²) in [5, 5.41) is 13.2. The normalized spacial score (nSPS) is 13.6. The van der Waals surface area contributed by atoms with E-state index in [0.29, 0.717) is 22.0 Å². The molecule has 1 fully saturated rings. The highest BCUT2D eigenvalue weighted by Gasteiger charge is 2.27. The summed E-state index contributed by atoms with van der Waals surface area (Å²) in [6.45, 7) is 5.18. The summed E-state index contributed by atoms with van der Waals surface area (Å²) in [4.78, 5) is 30.2. The van der Waals surface area contributed by atoms with Gasteiger partial charge in [-0.2, -0.15) is 5.26 Å². The molecule has 1 saturated carbocycles. The number of carbonyl (C=O) groups is 2. The highest BCUT2D eigenvalue weighted by atomic mass is 32.1. The first-order valence-electron chi connectivity index (χ1n) is 11.0. The van der Waals surface area contributed by atoms with Crippen LogP contribution in [-0.4, -0.2) is 28.0 Å². The molecule has 7 nitrogen and oxygen atoms in total. The monoisotopic (exact) mass is 462 g/mol. The van der Waals surface area contributed by atoms with Gasteiger partial charge in [0.2, 0.25) is 0 Å². The van der Waals surface area contributed by atoms with Crippen LogP contribution in [0.2, 0.25) is 0 Å². The number of nitrogens with zero attached hydrogens (tertiary/aromatic N) is 3. The molecule has 1 aliphatic carbocycles. The molecule has 8 heteroatoms. The number of esters is 1. The summed E-state index contributed by atoms with van der Waals surface area (Å²) in [6, 6.07) is 12.1. The van der Waals surface area contributed by atoms with Crippen LogP contribution in [0.5, 0.6) is 0 Å². The van der Waals surface area contributed by atoms with Crippen LogP contribution in [0.25, 0.3) is 10.6 Å². The van der Waals surface area contributed by atoms with Crippen molar-refractivity contribution in [2.45, 2.75) is 52.5 Å². The Bertz CT molecular complexity index is 1230. The number of aryl methyl sites for hydroxylation is 1. The smallest absolute Gasteiger partial charge is 0.350 e. The van der Waals surface area contributed by atoms with E-state index in [2.05, 4.69) is 20.9 Å². The second-order valence-corrected chi connectivity index (χ2v) is 9.28. The van der Waals surface area contributed by atoms with Crippen molar-refractivity contribution in [2.24, 2.45) is 0 Å². The molecule has 1 N–H and O–H groups in total. The quantitative estimate of drug-likeness (QED) is 0.500. The third kappa shape index (κ3) is 4.55. The van der Waals surface area contributed by atoms with Crippen LogP contribution in [0, 0.1) is 32.1 Å². The van der Waals surface area contributed by atoms with Crippen LogP contribution in [0.3, 0.4) is 0 Å². The summed E-state index contributed by atoms with van der Waals surface area (Å²) in [7, 11) is 0. The molecule has 0 atom stereocenters. The van der Waals surface area contributed by atoms with Gasteiger partial charge >= 0.3 is 5.97 Å². The second kappa shape index (κ2) is 9.59. The van der Waals surface area contributed by atoms with E-state index in [1.165, 1.54) is 11.3 Å². The van der Waals surface area contributed by atoms with Crippen LogP contribution in [0.4, 0.5) is 5.82 Å². The second-order valence-electron chi connectivity index (χ2n) is 8.28. The van der Waals surface area contributed by atoms with E-state index in [4.69, 9.17) is 4.74 Å². The van der Waals surface area contributed by atoms with Gasteiger partial charge in [0, 0.05) is 17.3 Å². The molecule has 1 amide bonds. The van der Waals surface area contributed by atoms with E-state index in [1.807, 2.05) is 44.2 Å². The molecule has 0 unspecified atom stereocenters. The molecule has 4 rings (SSSR count). The topological polar surface area (TPSA) is 97.0 Å². The Morgan fingerprint density at radius 1 is 1.21 bits per heavy atom. The van der Waals surface area contributed by atoms with Gasteiger partial charge in [-0.05, 0) is 39.2 Å². The molecule has 0 saturated heterocycles. The Labute approximate surface area is 197 Å². The van der Waals surface area contributed by atoms with E-state index >= 15 is 0 Å². The van der Waals surface area contributed by atoms with Gasteiger partial charge in [-0.3, -0.25) is 4.79 Å². The van der Waals surface area contributed by atoms with E-state index in [0.717, 1.165) is 47.5 Å². The zero-order chi connectivity index (χ0) is 23.5. The van der Waals surface area contributed by atoms with Gasteiger partial charge in [-0.15, -0.1) is 11.3 Å². The molecule has 3 aromatic rings. The summed E-state index contributed by atoms with van der Waals surface area (Å²) >= 11 is 1.24. The summed E-state index contributed by atoms with van der Waals surface area (Å²) in [6.07, 6.45) is 4.30. The van der Waals surface area contributed by atoms with Gasteiger partial charge < -0.3 is 14.6 Å². The number of nitrogens with one attached hydrogen (secondary N) is 1. The lowest BCUT2D eigenvalue weighted by Gasteiger charge is -2.19. The summed E-state index contributed by atoms with van der Waals surface area (Å²) in [5.41, 5.74) is 3.80. The Hall–Kier alpha value is -3.44. The maximum atomic E-state index is 12.7. The average Bonchev–Trinajstić information content (AvgIpc) is 3.52. The molecular formula is C25H26N4O3S. The van der Waals surface area contributed by atoms with Crippen LogP contribution in [-0.2, 0) is 9.53 Å². The van der Waals surface area contributed by atoms with Crippen molar-refractivity contribution in [2.75, 3.05) is 11.9 Å². The van der Waals surface area contributed by atoms with E-state index < -0.39 is 18.5 Å². The van der Waals surface area contributed by atoms with Gasteiger partial charge in [-0.25, -0.2) is 9.78 Å². The van der Waals surface area contributed by atoms with Crippen LogP contribution >= 0.6 is 11.3 Å². The first-order chi connectivity index (χ1) is 15.9. The Morgan fingerprint density at radius 3 is 2.58 bits per heavy atom. The first-order valence-corrected chi connectivity index (χ1v) is 11.8. The number of anilines is 1. The largest absolute Gasteiger partial charge is 0.451 e. The van der Waals surface area contributed by atoms with Crippen molar-refractivity contribution >= 4 is 29.0 Å². The molecule has 1 aromatic carbocycles. The van der Waals surface area contributed by atoms with Gasteiger partial charge in [0.1, 0.15) is 21.8 Å². The van der Waals surface area contributed by atoms with Crippen LogP contribution in [0.1, 0.15) is 63.9 Å². The fraction of sp³-hybridized carbons (Fsp3) is 0.360. The Kier molecular flexibility index (Phi) is 6.61. The zero-order valence-electron chi connectivity index (χ0n) is 19.0. The summed E-state index contributed by atoms with van der Waals surface area (Å²) < 4.78 is 7.36. The number of ether oxygens (including phenoxy) is 1. The molecule has 0 aliphatic heterocycles. The highest BCUT2D eigenvalue weighted by Crippen LogP contribution is 2.37.